The summed E-state index contributed by atoms with van der Waals surface area (Å²) >= 11 is 0. The predicted molar refractivity (Wildman–Crippen MR) is 55.9 cm³/mol. The summed E-state index contributed by atoms with van der Waals surface area (Å²) < 4.78 is 0. The third kappa shape index (κ3) is 2.47. The molecule has 1 aliphatic carbocycles. The molecule has 0 unspecified atom stereocenters. The molecule has 0 radical (unpaired) electrons. The number of carbonyl (C=O) groups is 1. The molecule has 0 saturated heterocycles. The maximum atomic E-state index is 11.9. The molecule has 0 heterocycles. The normalized spacial score (nSPS) is 20.4. The molecule has 3 heteroatoms. The monoisotopic (exact) mass is 199 g/mol. The molecule has 1 fully saturated rings. The van der Waals surface area contributed by atoms with Gasteiger partial charge in [-0.05, 0) is 19.3 Å². The summed E-state index contributed by atoms with van der Waals surface area (Å²) in [5.41, 5.74) is -0.132. The first-order valence-electron chi connectivity index (χ1n) is 5.64. The average Bonchev–Trinajstić information content (AvgIpc) is 2.26. The van der Waals surface area contributed by atoms with Crippen LogP contribution in [0.3, 0.4) is 0 Å². The molecular weight excluding hydrogens is 178 g/mol. The maximum Gasteiger partial charge on any atom is 0.226 e. The number of carbonyl (C=O) groups excluding carboxylic acids is 1. The van der Waals surface area contributed by atoms with Gasteiger partial charge in [-0.2, -0.15) is 0 Å². The molecule has 0 aromatic heterocycles. The number of amides is 1. The van der Waals surface area contributed by atoms with E-state index in [9.17, 15) is 4.79 Å². The highest BCUT2D eigenvalue weighted by molar-refractivity contribution is 5.82. The summed E-state index contributed by atoms with van der Waals surface area (Å²) in [5.74, 6) is 0.147. The van der Waals surface area contributed by atoms with E-state index >= 15 is 0 Å². The average molecular weight is 199 g/mol. The minimum Gasteiger partial charge on any atom is -0.395 e. The Labute approximate surface area is 85.9 Å². The highest BCUT2D eigenvalue weighted by Crippen LogP contribution is 2.39. The molecule has 0 atom stereocenters. The molecule has 0 aromatic rings. The van der Waals surface area contributed by atoms with E-state index in [2.05, 4.69) is 12.2 Å². The second kappa shape index (κ2) is 5.35. The maximum absolute atomic E-state index is 11.9. The first-order valence-corrected chi connectivity index (χ1v) is 5.64. The van der Waals surface area contributed by atoms with E-state index in [4.69, 9.17) is 5.11 Å². The Morgan fingerprint density at radius 2 is 2.00 bits per heavy atom. The van der Waals surface area contributed by atoms with Crippen LogP contribution in [0.4, 0.5) is 0 Å². The lowest BCUT2D eigenvalue weighted by atomic mass is 9.71. The Hall–Kier alpha value is -0.570. The van der Waals surface area contributed by atoms with E-state index in [-0.39, 0.29) is 17.9 Å². The molecule has 0 bridgehead atoms. The van der Waals surface area contributed by atoms with E-state index in [1.165, 1.54) is 19.3 Å². The van der Waals surface area contributed by atoms with Crippen molar-refractivity contribution >= 4 is 5.91 Å². The Bertz CT molecular complexity index is 186. The molecule has 1 saturated carbocycles. The molecule has 82 valence electrons. The number of aliphatic hydroxyl groups excluding tert-OH is 1. The standard InChI is InChI=1S/C11H21NO2/c1-2-11(6-4-3-5-7-11)10(14)12-8-9-13/h13H,2-9H2,1H3,(H,12,14). The molecule has 1 amide bonds. The van der Waals surface area contributed by atoms with Gasteiger partial charge in [0.2, 0.25) is 5.91 Å². The summed E-state index contributed by atoms with van der Waals surface area (Å²) in [4.78, 5) is 11.9. The van der Waals surface area contributed by atoms with Crippen molar-refractivity contribution in [2.75, 3.05) is 13.2 Å². The van der Waals surface area contributed by atoms with Gasteiger partial charge in [-0.25, -0.2) is 0 Å². The second-order valence-corrected chi connectivity index (χ2v) is 4.17. The van der Waals surface area contributed by atoms with Crippen LogP contribution in [-0.2, 0) is 4.79 Å². The fourth-order valence-corrected chi connectivity index (χ4v) is 2.33. The van der Waals surface area contributed by atoms with E-state index in [1.807, 2.05) is 0 Å². The first kappa shape index (κ1) is 11.5. The fraction of sp³-hybridized carbons (Fsp3) is 0.909. The lowest BCUT2D eigenvalue weighted by Crippen LogP contribution is -2.42. The predicted octanol–water partition coefficient (Wildman–Crippen LogP) is 1.46. The molecule has 1 aliphatic rings. The van der Waals surface area contributed by atoms with Crippen LogP contribution in [0.2, 0.25) is 0 Å². The third-order valence-corrected chi connectivity index (χ3v) is 3.37. The van der Waals surface area contributed by atoms with Crippen LogP contribution in [0.5, 0.6) is 0 Å². The van der Waals surface area contributed by atoms with Gasteiger partial charge < -0.3 is 10.4 Å². The molecule has 0 aromatic carbocycles. The highest BCUT2D eigenvalue weighted by atomic mass is 16.3. The van der Waals surface area contributed by atoms with Gasteiger partial charge in [0.1, 0.15) is 0 Å². The number of rotatable bonds is 4. The number of hydrogen-bond donors (Lipinski definition) is 2. The highest BCUT2D eigenvalue weighted by Gasteiger charge is 2.37. The molecular formula is C11H21NO2. The van der Waals surface area contributed by atoms with Crippen LogP contribution in [0.1, 0.15) is 45.4 Å². The van der Waals surface area contributed by atoms with Crippen molar-refractivity contribution in [1.29, 1.82) is 0 Å². The molecule has 0 spiro atoms. The zero-order valence-corrected chi connectivity index (χ0v) is 9.01. The van der Waals surface area contributed by atoms with Crippen molar-refractivity contribution in [2.24, 2.45) is 5.41 Å². The van der Waals surface area contributed by atoms with Gasteiger partial charge in [-0.1, -0.05) is 26.2 Å². The van der Waals surface area contributed by atoms with Crippen molar-refractivity contribution in [3.63, 3.8) is 0 Å². The quantitative estimate of drug-likeness (QED) is 0.720. The summed E-state index contributed by atoms with van der Waals surface area (Å²) in [6.45, 7) is 2.51. The van der Waals surface area contributed by atoms with Gasteiger partial charge in [-0.15, -0.1) is 0 Å². The fourth-order valence-electron chi connectivity index (χ4n) is 2.33. The van der Waals surface area contributed by atoms with Crippen LogP contribution in [-0.4, -0.2) is 24.2 Å². The third-order valence-electron chi connectivity index (χ3n) is 3.37. The minimum atomic E-state index is -0.132. The Kier molecular flexibility index (Phi) is 4.39. The van der Waals surface area contributed by atoms with E-state index < -0.39 is 0 Å². The summed E-state index contributed by atoms with van der Waals surface area (Å²) in [6.07, 6.45) is 6.54. The van der Waals surface area contributed by atoms with E-state index in [0.29, 0.717) is 6.54 Å². The first-order chi connectivity index (χ1) is 6.75. The van der Waals surface area contributed by atoms with Gasteiger partial charge in [0, 0.05) is 12.0 Å². The lowest BCUT2D eigenvalue weighted by molar-refractivity contribution is -0.133. The van der Waals surface area contributed by atoms with Crippen molar-refractivity contribution in [2.45, 2.75) is 45.4 Å². The summed E-state index contributed by atoms with van der Waals surface area (Å²) in [7, 11) is 0. The number of aliphatic hydroxyl groups is 1. The Balaban J connectivity index is 2.53. The smallest absolute Gasteiger partial charge is 0.226 e. The van der Waals surface area contributed by atoms with Crippen LogP contribution in [0.15, 0.2) is 0 Å². The Morgan fingerprint density at radius 1 is 1.36 bits per heavy atom. The van der Waals surface area contributed by atoms with Crippen LogP contribution >= 0.6 is 0 Å². The number of hydrogen-bond acceptors (Lipinski definition) is 2. The largest absolute Gasteiger partial charge is 0.395 e. The van der Waals surface area contributed by atoms with Gasteiger partial charge in [-0.3, -0.25) is 4.79 Å². The molecule has 3 nitrogen and oxygen atoms in total. The van der Waals surface area contributed by atoms with E-state index in [1.54, 1.807) is 0 Å². The van der Waals surface area contributed by atoms with Gasteiger partial charge in [0.25, 0.3) is 0 Å². The van der Waals surface area contributed by atoms with Crippen molar-refractivity contribution in [3.05, 3.63) is 0 Å². The Morgan fingerprint density at radius 3 is 2.50 bits per heavy atom. The van der Waals surface area contributed by atoms with Crippen LogP contribution < -0.4 is 5.32 Å². The zero-order valence-electron chi connectivity index (χ0n) is 9.01. The minimum absolute atomic E-state index is 0.0333. The lowest BCUT2D eigenvalue weighted by Gasteiger charge is -2.34. The SMILES string of the molecule is CCC1(C(=O)NCCO)CCCCC1. The summed E-state index contributed by atoms with van der Waals surface area (Å²) in [5, 5.41) is 11.5. The topological polar surface area (TPSA) is 49.3 Å². The van der Waals surface area contributed by atoms with Gasteiger partial charge >= 0.3 is 0 Å². The molecule has 14 heavy (non-hydrogen) atoms. The molecule has 0 aliphatic heterocycles. The number of nitrogens with one attached hydrogen (secondary N) is 1. The second-order valence-electron chi connectivity index (χ2n) is 4.17. The zero-order chi connectivity index (χ0) is 10.4. The van der Waals surface area contributed by atoms with Crippen molar-refractivity contribution in [1.82, 2.24) is 5.32 Å². The molecule has 2 N–H and O–H groups in total. The van der Waals surface area contributed by atoms with Gasteiger partial charge in [0.05, 0.1) is 6.61 Å². The summed E-state index contributed by atoms with van der Waals surface area (Å²) in [6, 6.07) is 0. The van der Waals surface area contributed by atoms with Crippen LogP contribution in [0, 0.1) is 5.41 Å². The molecule has 1 rings (SSSR count). The van der Waals surface area contributed by atoms with E-state index in [0.717, 1.165) is 19.3 Å². The van der Waals surface area contributed by atoms with Crippen molar-refractivity contribution < 1.29 is 9.90 Å². The van der Waals surface area contributed by atoms with Crippen LogP contribution in [0.25, 0.3) is 0 Å². The van der Waals surface area contributed by atoms with Gasteiger partial charge in [0.15, 0.2) is 0 Å². The van der Waals surface area contributed by atoms with Crippen molar-refractivity contribution in [3.8, 4) is 0 Å².